The molecule has 2 unspecified atom stereocenters. The fourth-order valence-corrected chi connectivity index (χ4v) is 2.27. The molecule has 1 aliphatic heterocycles. The molecule has 0 aromatic heterocycles. The molecular weight excluding hydrogens is 254 g/mol. The smallest absolute Gasteiger partial charge is 0.319 e. The van der Waals surface area contributed by atoms with E-state index in [1.54, 1.807) is 19.1 Å². The Labute approximate surface area is 110 Å². The molecule has 1 fully saturated rings. The first-order valence-electron chi connectivity index (χ1n) is 5.83. The van der Waals surface area contributed by atoms with Crippen molar-refractivity contribution >= 4 is 23.5 Å². The Balaban J connectivity index is 2.23. The van der Waals surface area contributed by atoms with Crippen molar-refractivity contribution in [2.45, 2.75) is 12.8 Å². The molecule has 0 aliphatic carbocycles. The van der Waals surface area contributed by atoms with Crippen LogP contribution in [0, 0.1) is 5.92 Å². The summed E-state index contributed by atoms with van der Waals surface area (Å²) in [5, 5.41) is 3.33. The molecular formula is C13H14ClNO3. The first kappa shape index (κ1) is 12.9. The van der Waals surface area contributed by atoms with Crippen molar-refractivity contribution in [1.29, 1.82) is 0 Å². The first-order chi connectivity index (χ1) is 8.63. The van der Waals surface area contributed by atoms with Gasteiger partial charge in [0, 0.05) is 17.5 Å². The minimum absolute atomic E-state index is 0.186. The quantitative estimate of drug-likeness (QED) is 0.670. The Kier molecular flexibility index (Phi) is 3.87. The van der Waals surface area contributed by atoms with Crippen molar-refractivity contribution in [3.8, 4) is 0 Å². The zero-order valence-corrected chi connectivity index (χ0v) is 10.7. The summed E-state index contributed by atoms with van der Waals surface area (Å²) in [5.74, 6) is -1.68. The number of ether oxygens (including phenoxy) is 1. The zero-order chi connectivity index (χ0) is 13.1. The summed E-state index contributed by atoms with van der Waals surface area (Å²) in [6.07, 6.45) is 0. The normalized spacial score (nSPS) is 22.7. The summed E-state index contributed by atoms with van der Waals surface area (Å²) in [6.45, 7) is 2.45. The molecule has 1 N–H and O–H groups in total. The lowest BCUT2D eigenvalue weighted by atomic mass is 9.88. The van der Waals surface area contributed by atoms with Crippen LogP contribution in [0.3, 0.4) is 0 Å². The van der Waals surface area contributed by atoms with Crippen molar-refractivity contribution in [1.82, 2.24) is 5.32 Å². The minimum Gasteiger partial charge on any atom is -0.465 e. The molecule has 96 valence electrons. The van der Waals surface area contributed by atoms with E-state index in [0.29, 0.717) is 11.6 Å². The maximum Gasteiger partial charge on any atom is 0.319 e. The lowest BCUT2D eigenvalue weighted by Crippen LogP contribution is -2.28. The van der Waals surface area contributed by atoms with Crippen LogP contribution in [0.15, 0.2) is 24.3 Å². The van der Waals surface area contributed by atoms with E-state index in [-0.39, 0.29) is 18.4 Å². The standard InChI is InChI=1S/C13H14ClNO3/c1-2-18-13(17)11-10(7-15-12(11)16)8-3-5-9(14)6-4-8/h3-6,10-11H,2,7H2,1H3,(H,15,16). The summed E-state index contributed by atoms with van der Waals surface area (Å²) in [5.41, 5.74) is 0.913. The Bertz CT molecular complexity index is 458. The van der Waals surface area contributed by atoms with E-state index in [9.17, 15) is 9.59 Å². The van der Waals surface area contributed by atoms with Crippen molar-refractivity contribution < 1.29 is 14.3 Å². The lowest BCUT2D eigenvalue weighted by Gasteiger charge is -2.15. The van der Waals surface area contributed by atoms with E-state index in [0.717, 1.165) is 5.56 Å². The molecule has 1 aromatic rings. The molecule has 18 heavy (non-hydrogen) atoms. The van der Waals surface area contributed by atoms with Gasteiger partial charge >= 0.3 is 5.97 Å². The van der Waals surface area contributed by atoms with Gasteiger partial charge in [0.2, 0.25) is 5.91 Å². The predicted octanol–water partition coefficient (Wildman–Crippen LogP) is 1.73. The molecule has 1 heterocycles. The number of nitrogens with one attached hydrogen (secondary N) is 1. The van der Waals surface area contributed by atoms with Crippen LogP contribution in [0.4, 0.5) is 0 Å². The largest absolute Gasteiger partial charge is 0.465 e. The number of rotatable bonds is 3. The third-order valence-electron chi connectivity index (χ3n) is 3.02. The monoisotopic (exact) mass is 267 g/mol. The van der Waals surface area contributed by atoms with Crippen molar-refractivity contribution in [3.05, 3.63) is 34.9 Å². The second-order valence-electron chi connectivity index (χ2n) is 4.13. The molecule has 2 atom stereocenters. The van der Waals surface area contributed by atoms with Crippen LogP contribution in [0.25, 0.3) is 0 Å². The molecule has 1 aromatic carbocycles. The van der Waals surface area contributed by atoms with Gasteiger partial charge in [-0.15, -0.1) is 0 Å². The fraction of sp³-hybridized carbons (Fsp3) is 0.385. The summed E-state index contributed by atoms with van der Waals surface area (Å²) in [7, 11) is 0. The van der Waals surface area contributed by atoms with Crippen LogP contribution in [0.1, 0.15) is 18.4 Å². The number of benzene rings is 1. The van der Waals surface area contributed by atoms with E-state index < -0.39 is 11.9 Å². The van der Waals surface area contributed by atoms with Gasteiger partial charge in [-0.05, 0) is 24.6 Å². The second kappa shape index (κ2) is 5.40. The minimum atomic E-state index is -0.758. The molecule has 0 spiro atoms. The molecule has 4 nitrogen and oxygen atoms in total. The number of hydrogen-bond donors (Lipinski definition) is 1. The summed E-state index contributed by atoms with van der Waals surface area (Å²) < 4.78 is 4.95. The molecule has 0 saturated carbocycles. The maximum atomic E-state index is 11.8. The van der Waals surface area contributed by atoms with Crippen LogP contribution >= 0.6 is 11.6 Å². The van der Waals surface area contributed by atoms with Gasteiger partial charge in [-0.3, -0.25) is 9.59 Å². The maximum absolute atomic E-state index is 11.8. The SMILES string of the molecule is CCOC(=O)C1C(=O)NCC1c1ccc(Cl)cc1. The van der Waals surface area contributed by atoms with E-state index >= 15 is 0 Å². The van der Waals surface area contributed by atoms with Gasteiger partial charge in [-0.25, -0.2) is 0 Å². The highest BCUT2D eigenvalue weighted by atomic mass is 35.5. The van der Waals surface area contributed by atoms with Gasteiger partial charge in [-0.1, -0.05) is 23.7 Å². The first-order valence-corrected chi connectivity index (χ1v) is 6.21. The lowest BCUT2D eigenvalue weighted by molar-refractivity contribution is -0.151. The Morgan fingerprint density at radius 1 is 1.44 bits per heavy atom. The highest BCUT2D eigenvalue weighted by molar-refractivity contribution is 6.30. The van der Waals surface area contributed by atoms with Gasteiger partial charge in [-0.2, -0.15) is 0 Å². The van der Waals surface area contributed by atoms with Gasteiger partial charge in [0.1, 0.15) is 5.92 Å². The predicted molar refractivity (Wildman–Crippen MR) is 67.3 cm³/mol. The Morgan fingerprint density at radius 2 is 2.11 bits per heavy atom. The van der Waals surface area contributed by atoms with Gasteiger partial charge in [0.15, 0.2) is 0 Å². The third-order valence-corrected chi connectivity index (χ3v) is 3.27. The second-order valence-corrected chi connectivity index (χ2v) is 4.57. The Hall–Kier alpha value is -1.55. The third kappa shape index (κ3) is 2.48. The van der Waals surface area contributed by atoms with Crippen LogP contribution in [0.5, 0.6) is 0 Å². The number of hydrogen-bond acceptors (Lipinski definition) is 3. The summed E-state index contributed by atoms with van der Waals surface area (Å²) in [4.78, 5) is 23.5. The van der Waals surface area contributed by atoms with E-state index in [1.165, 1.54) is 0 Å². The van der Waals surface area contributed by atoms with Crippen LogP contribution in [-0.2, 0) is 14.3 Å². The van der Waals surface area contributed by atoms with E-state index in [2.05, 4.69) is 5.32 Å². The number of carbonyl (C=O) groups excluding carboxylic acids is 2. The molecule has 2 rings (SSSR count). The van der Waals surface area contributed by atoms with E-state index in [4.69, 9.17) is 16.3 Å². The average molecular weight is 268 g/mol. The summed E-state index contributed by atoms with van der Waals surface area (Å²) >= 11 is 5.82. The molecule has 0 radical (unpaired) electrons. The number of amides is 1. The number of esters is 1. The number of halogens is 1. The highest BCUT2D eigenvalue weighted by Gasteiger charge is 2.41. The number of carbonyl (C=O) groups is 2. The van der Waals surface area contributed by atoms with Gasteiger partial charge < -0.3 is 10.1 Å². The Morgan fingerprint density at radius 3 is 2.72 bits per heavy atom. The molecule has 1 amide bonds. The highest BCUT2D eigenvalue weighted by Crippen LogP contribution is 2.30. The van der Waals surface area contributed by atoms with Crippen LogP contribution < -0.4 is 5.32 Å². The molecule has 0 bridgehead atoms. The van der Waals surface area contributed by atoms with Crippen LogP contribution in [-0.4, -0.2) is 25.0 Å². The zero-order valence-electron chi connectivity index (χ0n) is 9.98. The van der Waals surface area contributed by atoms with E-state index in [1.807, 2.05) is 12.1 Å². The van der Waals surface area contributed by atoms with Crippen molar-refractivity contribution in [2.75, 3.05) is 13.2 Å². The van der Waals surface area contributed by atoms with Gasteiger partial charge in [0.25, 0.3) is 0 Å². The average Bonchev–Trinajstić information content (AvgIpc) is 2.72. The topological polar surface area (TPSA) is 55.4 Å². The summed E-state index contributed by atoms with van der Waals surface area (Å²) in [6, 6.07) is 7.17. The fourth-order valence-electron chi connectivity index (χ4n) is 2.14. The van der Waals surface area contributed by atoms with Gasteiger partial charge in [0.05, 0.1) is 6.61 Å². The van der Waals surface area contributed by atoms with Crippen molar-refractivity contribution in [3.63, 3.8) is 0 Å². The molecule has 5 heteroatoms. The van der Waals surface area contributed by atoms with Crippen LogP contribution in [0.2, 0.25) is 5.02 Å². The van der Waals surface area contributed by atoms with Crippen molar-refractivity contribution in [2.24, 2.45) is 5.92 Å². The molecule has 1 aliphatic rings. The molecule has 1 saturated heterocycles.